The third-order valence-electron chi connectivity index (χ3n) is 4.53. The van der Waals surface area contributed by atoms with E-state index in [1.165, 1.54) is 0 Å². The van der Waals surface area contributed by atoms with Crippen molar-refractivity contribution in [3.05, 3.63) is 71.3 Å². The molecule has 5 heteroatoms. The maximum Gasteiger partial charge on any atom is 0.246 e. The lowest BCUT2D eigenvalue weighted by atomic mass is 9.95. The van der Waals surface area contributed by atoms with Crippen LogP contribution in [0, 0.1) is 5.92 Å². The smallest absolute Gasteiger partial charge is 0.246 e. The van der Waals surface area contributed by atoms with E-state index in [1.54, 1.807) is 23.1 Å². The standard InChI is InChI=1S/C21H21ClN2O2/c22-18-8-4-5-9-19(18)23-21(26)17-12-14-24(15-13-17)20(25)11-10-16-6-2-1-3-7-16/h1-11,17H,12-15H2,(H,23,26)/b11-10+. The minimum atomic E-state index is -0.103. The fourth-order valence-corrected chi connectivity index (χ4v) is 3.18. The lowest BCUT2D eigenvalue weighted by Crippen LogP contribution is -2.40. The first-order valence-corrected chi connectivity index (χ1v) is 9.09. The molecule has 4 nitrogen and oxygen atoms in total. The van der Waals surface area contributed by atoms with Gasteiger partial charge in [-0.15, -0.1) is 0 Å². The summed E-state index contributed by atoms with van der Waals surface area (Å²) in [5.74, 6) is -0.155. The normalized spacial score (nSPS) is 15.2. The van der Waals surface area contributed by atoms with Crippen LogP contribution in [0.15, 0.2) is 60.7 Å². The van der Waals surface area contributed by atoms with E-state index in [9.17, 15) is 9.59 Å². The topological polar surface area (TPSA) is 49.4 Å². The Balaban J connectivity index is 1.50. The van der Waals surface area contributed by atoms with Gasteiger partial charge in [0.2, 0.25) is 11.8 Å². The summed E-state index contributed by atoms with van der Waals surface area (Å²) in [6.45, 7) is 1.16. The summed E-state index contributed by atoms with van der Waals surface area (Å²) in [6.07, 6.45) is 4.72. The minimum Gasteiger partial charge on any atom is -0.339 e. The van der Waals surface area contributed by atoms with Crippen molar-refractivity contribution in [3.63, 3.8) is 0 Å². The van der Waals surface area contributed by atoms with Crippen LogP contribution in [0.3, 0.4) is 0 Å². The number of nitrogens with one attached hydrogen (secondary N) is 1. The first kappa shape index (κ1) is 18.2. The molecule has 1 N–H and O–H groups in total. The predicted molar refractivity (Wildman–Crippen MR) is 105 cm³/mol. The Hall–Kier alpha value is -2.59. The summed E-state index contributed by atoms with van der Waals surface area (Å²) >= 11 is 6.08. The van der Waals surface area contributed by atoms with E-state index in [4.69, 9.17) is 11.6 Å². The van der Waals surface area contributed by atoms with Crippen molar-refractivity contribution >= 4 is 35.2 Å². The van der Waals surface area contributed by atoms with Gasteiger partial charge in [0.15, 0.2) is 0 Å². The van der Waals surface area contributed by atoms with Gasteiger partial charge < -0.3 is 10.2 Å². The second-order valence-electron chi connectivity index (χ2n) is 6.31. The molecule has 1 aliphatic rings. The molecule has 3 rings (SSSR count). The van der Waals surface area contributed by atoms with E-state index in [-0.39, 0.29) is 17.7 Å². The summed E-state index contributed by atoms with van der Waals surface area (Å²) in [4.78, 5) is 26.5. The van der Waals surface area contributed by atoms with Gasteiger partial charge in [-0.25, -0.2) is 0 Å². The number of benzene rings is 2. The molecule has 2 aromatic carbocycles. The van der Waals surface area contributed by atoms with Crippen LogP contribution >= 0.6 is 11.6 Å². The van der Waals surface area contributed by atoms with Crippen LogP contribution in [0.25, 0.3) is 6.08 Å². The molecular weight excluding hydrogens is 348 g/mol. The number of carbonyl (C=O) groups excluding carboxylic acids is 2. The molecule has 0 atom stereocenters. The SMILES string of the molecule is O=C(Nc1ccccc1Cl)C1CCN(C(=O)/C=C/c2ccccc2)CC1. The molecule has 0 bridgehead atoms. The number of halogens is 1. The third kappa shape index (κ3) is 4.73. The van der Waals surface area contributed by atoms with Gasteiger partial charge in [0.1, 0.15) is 0 Å². The van der Waals surface area contributed by atoms with Crippen molar-refractivity contribution in [2.45, 2.75) is 12.8 Å². The zero-order valence-electron chi connectivity index (χ0n) is 14.4. The molecule has 0 spiro atoms. The number of rotatable bonds is 4. The summed E-state index contributed by atoms with van der Waals surface area (Å²) in [6, 6.07) is 16.9. The van der Waals surface area contributed by atoms with Gasteiger partial charge in [0.25, 0.3) is 0 Å². The zero-order valence-corrected chi connectivity index (χ0v) is 15.2. The number of anilines is 1. The largest absolute Gasteiger partial charge is 0.339 e. The number of hydrogen-bond acceptors (Lipinski definition) is 2. The molecule has 1 fully saturated rings. The van der Waals surface area contributed by atoms with Crippen LogP contribution in [0.2, 0.25) is 5.02 Å². The molecular formula is C21H21ClN2O2. The highest BCUT2D eigenvalue weighted by Crippen LogP contribution is 2.24. The summed E-state index contributed by atoms with van der Waals surface area (Å²) in [5, 5.41) is 3.41. The Bertz CT molecular complexity index is 797. The fraction of sp³-hybridized carbons (Fsp3) is 0.238. The quantitative estimate of drug-likeness (QED) is 0.821. The molecule has 0 aromatic heterocycles. The van der Waals surface area contributed by atoms with E-state index in [1.807, 2.05) is 48.5 Å². The molecule has 1 aliphatic heterocycles. The van der Waals surface area contributed by atoms with Crippen molar-refractivity contribution in [2.75, 3.05) is 18.4 Å². The molecule has 0 saturated carbocycles. The monoisotopic (exact) mass is 368 g/mol. The van der Waals surface area contributed by atoms with Gasteiger partial charge >= 0.3 is 0 Å². The number of carbonyl (C=O) groups is 2. The Kier molecular flexibility index (Phi) is 6.08. The number of likely N-dealkylation sites (tertiary alicyclic amines) is 1. The Morgan fingerprint density at radius 1 is 1.00 bits per heavy atom. The van der Waals surface area contributed by atoms with Gasteiger partial charge in [0.05, 0.1) is 10.7 Å². The molecule has 0 unspecified atom stereocenters. The number of piperidine rings is 1. The van der Waals surface area contributed by atoms with Crippen LogP contribution in [-0.2, 0) is 9.59 Å². The average Bonchev–Trinajstić information content (AvgIpc) is 2.69. The highest BCUT2D eigenvalue weighted by molar-refractivity contribution is 6.33. The first-order valence-electron chi connectivity index (χ1n) is 8.71. The van der Waals surface area contributed by atoms with Crippen LogP contribution < -0.4 is 5.32 Å². The lowest BCUT2D eigenvalue weighted by molar-refractivity contribution is -0.130. The molecule has 2 aromatic rings. The van der Waals surface area contributed by atoms with Gasteiger partial charge in [0, 0.05) is 25.1 Å². The van der Waals surface area contributed by atoms with Crippen molar-refractivity contribution in [3.8, 4) is 0 Å². The third-order valence-corrected chi connectivity index (χ3v) is 4.86. The van der Waals surface area contributed by atoms with Crippen molar-refractivity contribution in [1.29, 1.82) is 0 Å². The van der Waals surface area contributed by atoms with E-state index >= 15 is 0 Å². The maximum atomic E-state index is 12.4. The predicted octanol–water partition coefficient (Wildman–Crippen LogP) is 4.23. The first-order chi connectivity index (χ1) is 12.6. The Morgan fingerprint density at radius 2 is 1.65 bits per heavy atom. The van der Waals surface area contributed by atoms with E-state index in [2.05, 4.69) is 5.32 Å². The molecule has 2 amide bonds. The number of hydrogen-bond donors (Lipinski definition) is 1. The minimum absolute atomic E-state index is 0.0150. The molecule has 1 heterocycles. The maximum absolute atomic E-state index is 12.4. The van der Waals surface area contributed by atoms with Gasteiger partial charge in [-0.05, 0) is 36.6 Å². The zero-order chi connectivity index (χ0) is 18.4. The summed E-state index contributed by atoms with van der Waals surface area (Å²) in [7, 11) is 0. The highest BCUT2D eigenvalue weighted by Gasteiger charge is 2.26. The highest BCUT2D eigenvalue weighted by atomic mass is 35.5. The van der Waals surface area contributed by atoms with Crippen LogP contribution in [0.5, 0.6) is 0 Å². The second-order valence-corrected chi connectivity index (χ2v) is 6.72. The lowest BCUT2D eigenvalue weighted by Gasteiger charge is -2.30. The van der Waals surface area contributed by atoms with Gasteiger partial charge in [-0.1, -0.05) is 54.1 Å². The van der Waals surface area contributed by atoms with Crippen LogP contribution in [-0.4, -0.2) is 29.8 Å². The van der Waals surface area contributed by atoms with Crippen molar-refractivity contribution in [2.24, 2.45) is 5.92 Å². The molecule has 0 radical (unpaired) electrons. The number of para-hydroxylation sites is 1. The molecule has 1 saturated heterocycles. The number of nitrogens with zero attached hydrogens (tertiary/aromatic N) is 1. The average molecular weight is 369 g/mol. The van der Waals surface area contributed by atoms with Crippen molar-refractivity contribution in [1.82, 2.24) is 4.90 Å². The summed E-state index contributed by atoms with van der Waals surface area (Å²) in [5.41, 5.74) is 1.62. The van der Waals surface area contributed by atoms with E-state index in [0.717, 1.165) is 5.56 Å². The molecule has 134 valence electrons. The molecule has 26 heavy (non-hydrogen) atoms. The van der Waals surface area contributed by atoms with E-state index in [0.29, 0.717) is 36.6 Å². The van der Waals surface area contributed by atoms with Gasteiger partial charge in [-0.3, -0.25) is 9.59 Å². The Morgan fingerprint density at radius 3 is 2.35 bits per heavy atom. The van der Waals surface area contributed by atoms with Gasteiger partial charge in [-0.2, -0.15) is 0 Å². The van der Waals surface area contributed by atoms with Crippen LogP contribution in [0.4, 0.5) is 5.69 Å². The van der Waals surface area contributed by atoms with Crippen molar-refractivity contribution < 1.29 is 9.59 Å². The fourth-order valence-electron chi connectivity index (χ4n) is 3.00. The second kappa shape index (κ2) is 8.68. The Labute approximate surface area is 158 Å². The summed E-state index contributed by atoms with van der Waals surface area (Å²) < 4.78 is 0. The molecule has 0 aliphatic carbocycles. The van der Waals surface area contributed by atoms with Crippen LogP contribution in [0.1, 0.15) is 18.4 Å². The number of amides is 2. The van der Waals surface area contributed by atoms with E-state index < -0.39 is 0 Å².